The summed E-state index contributed by atoms with van der Waals surface area (Å²) in [6.45, 7) is 10.3. The number of hydrogen-bond acceptors (Lipinski definition) is 2. The van der Waals surface area contributed by atoms with Gasteiger partial charge in [-0.1, -0.05) is 52.0 Å². The van der Waals surface area contributed by atoms with Gasteiger partial charge in [0.1, 0.15) is 6.54 Å². The zero-order chi connectivity index (χ0) is 18.2. The molecule has 1 rings (SSSR count). The van der Waals surface area contributed by atoms with Crippen LogP contribution in [-0.2, 0) is 6.54 Å². The molecule has 0 aromatic carbocycles. The van der Waals surface area contributed by atoms with Crippen LogP contribution in [0.5, 0.6) is 0 Å². The molecular weight excluding hydrogens is 344 g/mol. The van der Waals surface area contributed by atoms with Crippen LogP contribution in [0.4, 0.5) is 0 Å². The van der Waals surface area contributed by atoms with Crippen molar-refractivity contribution in [3.63, 3.8) is 0 Å². The molecule has 138 valence electrons. The predicted octanol–water partition coefficient (Wildman–Crippen LogP) is 4.43. The largest absolute Gasteiger partial charge is 0.320 e. The van der Waals surface area contributed by atoms with Crippen LogP contribution in [0, 0.1) is 6.92 Å². The SMILES string of the molecule is C=C(C)/C=C\C=C/[NH2+]CCCCSSCCCC[n+]1ccccc1C. The molecule has 0 saturated heterocycles. The highest BCUT2D eigenvalue weighted by Crippen LogP contribution is 2.23. The van der Waals surface area contributed by atoms with Gasteiger partial charge in [0.2, 0.25) is 0 Å². The van der Waals surface area contributed by atoms with Crippen molar-refractivity contribution >= 4 is 21.6 Å². The van der Waals surface area contributed by atoms with Crippen molar-refractivity contribution in [3.05, 3.63) is 66.7 Å². The molecule has 1 heterocycles. The van der Waals surface area contributed by atoms with Gasteiger partial charge in [0.15, 0.2) is 11.9 Å². The molecule has 0 spiro atoms. The lowest BCUT2D eigenvalue weighted by molar-refractivity contribution is -0.703. The number of aromatic nitrogens is 1. The predicted molar refractivity (Wildman–Crippen MR) is 115 cm³/mol. The van der Waals surface area contributed by atoms with Crippen molar-refractivity contribution in [1.82, 2.24) is 0 Å². The van der Waals surface area contributed by atoms with E-state index in [1.54, 1.807) is 0 Å². The number of allylic oxidation sites excluding steroid dienone is 4. The summed E-state index contributed by atoms with van der Waals surface area (Å²) < 4.78 is 2.34. The summed E-state index contributed by atoms with van der Waals surface area (Å²) >= 11 is 0. The molecule has 0 bridgehead atoms. The Morgan fingerprint density at radius 2 is 1.88 bits per heavy atom. The Morgan fingerprint density at radius 3 is 2.60 bits per heavy atom. The summed E-state index contributed by atoms with van der Waals surface area (Å²) in [4.78, 5) is 0. The maximum atomic E-state index is 3.84. The molecule has 4 heteroatoms. The molecule has 25 heavy (non-hydrogen) atoms. The Labute approximate surface area is 162 Å². The monoisotopic (exact) mass is 378 g/mol. The number of unbranched alkanes of at least 4 members (excludes halogenated alkanes) is 2. The minimum absolute atomic E-state index is 1.09. The van der Waals surface area contributed by atoms with E-state index in [4.69, 9.17) is 0 Å². The van der Waals surface area contributed by atoms with Crippen LogP contribution in [0.1, 0.15) is 38.3 Å². The van der Waals surface area contributed by atoms with E-state index in [0.717, 1.165) is 12.1 Å². The summed E-state index contributed by atoms with van der Waals surface area (Å²) in [5.74, 6) is 2.53. The fourth-order valence-corrected chi connectivity index (χ4v) is 4.55. The first kappa shape index (κ1) is 22.1. The Hall–Kier alpha value is -0.970. The molecule has 0 saturated carbocycles. The number of pyridine rings is 1. The highest BCUT2D eigenvalue weighted by molar-refractivity contribution is 8.76. The second kappa shape index (κ2) is 15.3. The van der Waals surface area contributed by atoms with Crippen LogP contribution in [0.25, 0.3) is 0 Å². The molecule has 0 radical (unpaired) electrons. The minimum atomic E-state index is 1.09. The Morgan fingerprint density at radius 1 is 1.12 bits per heavy atom. The minimum Gasteiger partial charge on any atom is -0.320 e. The number of nitrogens with zero attached hydrogens (tertiary/aromatic N) is 1. The molecule has 0 aliphatic carbocycles. The maximum absolute atomic E-state index is 3.84. The summed E-state index contributed by atoms with van der Waals surface area (Å²) in [6, 6.07) is 6.40. The van der Waals surface area contributed by atoms with Gasteiger partial charge >= 0.3 is 0 Å². The molecular formula is C21H34N2S2+2. The normalized spacial score (nSPS) is 11.6. The van der Waals surface area contributed by atoms with Crippen molar-refractivity contribution < 1.29 is 9.88 Å². The second-order valence-corrected chi connectivity index (χ2v) is 8.91. The summed E-state index contributed by atoms with van der Waals surface area (Å²) in [6.07, 6.45) is 15.6. The molecule has 0 aliphatic heterocycles. The van der Waals surface area contributed by atoms with Crippen LogP contribution in [0.15, 0.2) is 61.0 Å². The van der Waals surface area contributed by atoms with Gasteiger partial charge in [-0.05, 0) is 32.3 Å². The lowest BCUT2D eigenvalue weighted by atomic mass is 10.3. The zero-order valence-electron chi connectivity index (χ0n) is 15.8. The quantitative estimate of drug-likeness (QED) is 0.224. The third-order valence-corrected chi connectivity index (χ3v) is 6.29. The number of aryl methyl sites for hydroxylation is 2. The van der Waals surface area contributed by atoms with Crippen molar-refractivity contribution in [1.29, 1.82) is 0 Å². The number of nitrogens with two attached hydrogens (primary N) is 1. The van der Waals surface area contributed by atoms with Gasteiger partial charge in [-0.25, -0.2) is 4.57 Å². The van der Waals surface area contributed by atoms with Crippen LogP contribution >= 0.6 is 21.6 Å². The first-order valence-corrected chi connectivity index (χ1v) is 11.7. The van der Waals surface area contributed by atoms with Gasteiger partial charge in [0.05, 0.1) is 12.7 Å². The maximum Gasteiger partial charge on any atom is 0.178 e. The Bertz CT molecular complexity index is 538. The first-order valence-electron chi connectivity index (χ1n) is 9.21. The Kier molecular flexibility index (Phi) is 13.5. The molecule has 1 aromatic heterocycles. The lowest BCUT2D eigenvalue weighted by Crippen LogP contribution is -2.77. The van der Waals surface area contributed by atoms with E-state index in [1.165, 1.54) is 49.4 Å². The van der Waals surface area contributed by atoms with Gasteiger partial charge in [-0.3, -0.25) is 0 Å². The van der Waals surface area contributed by atoms with Gasteiger partial charge in [0.25, 0.3) is 0 Å². The van der Waals surface area contributed by atoms with E-state index in [9.17, 15) is 0 Å². The molecule has 0 aliphatic rings. The molecule has 0 fully saturated rings. The van der Waals surface area contributed by atoms with Gasteiger partial charge in [-0.2, -0.15) is 0 Å². The average molecular weight is 379 g/mol. The number of rotatable bonds is 14. The van der Waals surface area contributed by atoms with Crippen LogP contribution in [0.3, 0.4) is 0 Å². The number of quaternary nitrogens is 1. The third kappa shape index (κ3) is 13.0. The highest BCUT2D eigenvalue weighted by Gasteiger charge is 2.03. The van der Waals surface area contributed by atoms with E-state index < -0.39 is 0 Å². The number of hydrogen-bond donors (Lipinski definition) is 1. The lowest BCUT2D eigenvalue weighted by Gasteiger charge is -2.02. The zero-order valence-corrected chi connectivity index (χ0v) is 17.5. The third-order valence-electron chi connectivity index (χ3n) is 3.72. The van der Waals surface area contributed by atoms with Crippen LogP contribution in [0.2, 0.25) is 0 Å². The fraction of sp³-hybridized carbons (Fsp3) is 0.476. The first-order chi connectivity index (χ1) is 12.2. The molecule has 0 unspecified atom stereocenters. The molecule has 2 N–H and O–H groups in total. The van der Waals surface area contributed by atoms with Crippen molar-refractivity contribution in [2.45, 2.75) is 46.1 Å². The second-order valence-electron chi connectivity index (χ2n) is 6.21. The van der Waals surface area contributed by atoms with Gasteiger partial charge in [0, 0.05) is 37.0 Å². The van der Waals surface area contributed by atoms with Crippen LogP contribution < -0.4 is 9.88 Å². The standard InChI is InChI=1S/C21H33N2S2/c1-20(2)12-4-6-14-22-15-7-10-18-24-25-19-11-9-17-23-16-8-5-13-21(23)3/h4-6,8,12-14,16,22H,1,7,9-11,15,17-19H2,2-3H3/q+1/p+1/b12-4-,14-6-. The highest BCUT2D eigenvalue weighted by atomic mass is 33.1. The van der Waals surface area contributed by atoms with Crippen molar-refractivity contribution in [2.24, 2.45) is 0 Å². The summed E-state index contributed by atoms with van der Waals surface area (Å²) in [5, 5.41) is 2.25. The summed E-state index contributed by atoms with van der Waals surface area (Å²) in [5.41, 5.74) is 2.44. The fourth-order valence-electron chi connectivity index (χ4n) is 2.26. The van der Waals surface area contributed by atoms with E-state index in [0.29, 0.717) is 0 Å². The molecule has 0 atom stereocenters. The van der Waals surface area contributed by atoms with E-state index in [1.807, 2.05) is 40.7 Å². The smallest absolute Gasteiger partial charge is 0.178 e. The van der Waals surface area contributed by atoms with E-state index in [2.05, 4.69) is 60.1 Å². The molecule has 1 aromatic rings. The van der Waals surface area contributed by atoms with Crippen molar-refractivity contribution in [2.75, 3.05) is 18.1 Å². The molecule has 2 nitrogen and oxygen atoms in total. The Balaban J connectivity index is 1.85. The topological polar surface area (TPSA) is 20.5 Å². The van der Waals surface area contributed by atoms with Crippen molar-refractivity contribution in [3.8, 4) is 0 Å². The average Bonchev–Trinajstić information content (AvgIpc) is 2.59. The summed E-state index contributed by atoms with van der Waals surface area (Å²) in [7, 11) is 4.07. The van der Waals surface area contributed by atoms with Crippen LogP contribution in [-0.4, -0.2) is 18.1 Å². The van der Waals surface area contributed by atoms with Gasteiger partial charge < -0.3 is 5.32 Å². The van der Waals surface area contributed by atoms with E-state index >= 15 is 0 Å². The molecule has 0 amide bonds. The van der Waals surface area contributed by atoms with E-state index in [-0.39, 0.29) is 0 Å². The van der Waals surface area contributed by atoms with Gasteiger partial charge in [-0.15, -0.1) is 0 Å².